The summed E-state index contributed by atoms with van der Waals surface area (Å²) in [6.07, 6.45) is 1.32. The van der Waals surface area contributed by atoms with Gasteiger partial charge in [-0.3, -0.25) is 14.7 Å². The molecule has 1 aromatic heterocycles. The molecule has 2 saturated heterocycles. The van der Waals surface area contributed by atoms with Gasteiger partial charge in [-0.05, 0) is 31.9 Å². The maximum atomic E-state index is 12.1. The third-order valence-corrected chi connectivity index (χ3v) is 5.30. The van der Waals surface area contributed by atoms with Gasteiger partial charge in [0.05, 0.1) is 11.2 Å². The molecule has 0 saturated carbocycles. The first kappa shape index (κ1) is 15.5. The number of amides is 1. The van der Waals surface area contributed by atoms with Crippen molar-refractivity contribution in [1.82, 2.24) is 14.8 Å². The zero-order chi connectivity index (χ0) is 16.7. The van der Waals surface area contributed by atoms with E-state index in [1.165, 1.54) is 0 Å². The lowest BCUT2D eigenvalue weighted by molar-refractivity contribution is -0.142. The van der Waals surface area contributed by atoms with Crippen molar-refractivity contribution in [2.45, 2.75) is 44.5 Å². The molecule has 4 rings (SSSR count). The number of benzene rings is 1. The summed E-state index contributed by atoms with van der Waals surface area (Å²) >= 11 is 0. The highest BCUT2D eigenvalue weighted by Crippen LogP contribution is 2.31. The van der Waals surface area contributed by atoms with Crippen molar-refractivity contribution in [2.24, 2.45) is 0 Å². The number of hydrogen-bond donors (Lipinski definition) is 1. The van der Waals surface area contributed by atoms with Gasteiger partial charge in [0.2, 0.25) is 0 Å². The molecule has 2 aliphatic heterocycles. The minimum atomic E-state index is -0.905. The Morgan fingerprint density at radius 2 is 1.92 bits per heavy atom. The van der Waals surface area contributed by atoms with Crippen molar-refractivity contribution in [3.63, 3.8) is 0 Å². The molecule has 3 unspecified atom stereocenters. The van der Waals surface area contributed by atoms with Crippen LogP contribution in [0.25, 0.3) is 10.9 Å². The minimum Gasteiger partial charge on any atom is -0.384 e. The number of carbonyl (C=O) groups excluding carboxylic acids is 1. The van der Waals surface area contributed by atoms with E-state index in [2.05, 4.69) is 23.1 Å². The highest BCUT2D eigenvalue weighted by molar-refractivity contribution is 5.80. The van der Waals surface area contributed by atoms with Crippen LogP contribution in [-0.4, -0.2) is 57.1 Å². The van der Waals surface area contributed by atoms with Crippen molar-refractivity contribution in [3.8, 4) is 0 Å². The third-order valence-electron chi connectivity index (χ3n) is 5.30. The molecule has 24 heavy (non-hydrogen) atoms. The second kappa shape index (κ2) is 6.15. The third kappa shape index (κ3) is 2.78. The van der Waals surface area contributed by atoms with Gasteiger partial charge in [0, 0.05) is 37.1 Å². The molecule has 0 aliphatic carbocycles. The van der Waals surface area contributed by atoms with Crippen molar-refractivity contribution < 1.29 is 9.90 Å². The molecule has 1 N–H and O–H groups in total. The molecule has 5 nitrogen and oxygen atoms in total. The summed E-state index contributed by atoms with van der Waals surface area (Å²) in [6, 6.07) is 13.2. The molecule has 0 spiro atoms. The lowest BCUT2D eigenvalue weighted by Crippen LogP contribution is -2.56. The molecule has 0 radical (unpaired) electrons. The van der Waals surface area contributed by atoms with Crippen LogP contribution >= 0.6 is 0 Å². The molecule has 2 aliphatic rings. The standard InChI is InChI=1S/C19H23N3O2/c1-13(23)19(24)21-11-16-8-9-17(12-21)22(16)10-15-7-6-14-4-2-3-5-18(14)20-15/h2-7,13,16-17,23H,8-12H2,1H3. The first-order chi connectivity index (χ1) is 11.6. The monoisotopic (exact) mass is 325 g/mol. The average Bonchev–Trinajstić information content (AvgIpc) is 2.82. The number of aromatic nitrogens is 1. The number of para-hydroxylation sites is 1. The van der Waals surface area contributed by atoms with Gasteiger partial charge >= 0.3 is 0 Å². The second-order valence-corrected chi connectivity index (χ2v) is 6.97. The number of hydrogen-bond acceptors (Lipinski definition) is 4. The van der Waals surface area contributed by atoms with E-state index < -0.39 is 6.10 Å². The molecule has 2 fully saturated rings. The molecular formula is C19H23N3O2. The minimum absolute atomic E-state index is 0.143. The molecule has 3 atom stereocenters. The van der Waals surface area contributed by atoms with E-state index in [1.54, 1.807) is 6.92 Å². The van der Waals surface area contributed by atoms with Gasteiger partial charge in [-0.2, -0.15) is 0 Å². The van der Waals surface area contributed by atoms with Crippen LogP contribution in [0.1, 0.15) is 25.5 Å². The SMILES string of the molecule is CC(O)C(=O)N1CC2CCC(C1)N2Cc1ccc2ccccc2n1. The first-order valence-corrected chi connectivity index (χ1v) is 8.69. The van der Waals surface area contributed by atoms with Crippen LogP contribution in [0.2, 0.25) is 0 Å². The Balaban J connectivity index is 1.50. The normalized spacial score (nSPS) is 25.2. The fourth-order valence-corrected chi connectivity index (χ4v) is 4.08. The summed E-state index contributed by atoms with van der Waals surface area (Å²) in [5.74, 6) is -0.143. The van der Waals surface area contributed by atoms with Crippen molar-refractivity contribution >= 4 is 16.8 Å². The zero-order valence-corrected chi connectivity index (χ0v) is 13.9. The zero-order valence-electron chi connectivity index (χ0n) is 13.9. The number of aliphatic hydroxyl groups excluding tert-OH is 1. The molecule has 3 heterocycles. The van der Waals surface area contributed by atoms with Crippen molar-refractivity contribution in [2.75, 3.05) is 13.1 Å². The highest BCUT2D eigenvalue weighted by Gasteiger charge is 2.41. The van der Waals surface area contributed by atoms with E-state index in [0.29, 0.717) is 25.2 Å². The van der Waals surface area contributed by atoms with E-state index in [1.807, 2.05) is 23.1 Å². The van der Waals surface area contributed by atoms with Crippen LogP contribution in [0.3, 0.4) is 0 Å². The lowest BCUT2D eigenvalue weighted by Gasteiger charge is -2.41. The molecule has 126 valence electrons. The summed E-state index contributed by atoms with van der Waals surface area (Å²) < 4.78 is 0. The highest BCUT2D eigenvalue weighted by atomic mass is 16.3. The Bertz CT molecular complexity index is 747. The number of fused-ring (bicyclic) bond motifs is 3. The molecule has 5 heteroatoms. The van der Waals surface area contributed by atoms with Crippen LogP contribution in [0.15, 0.2) is 36.4 Å². The summed E-state index contributed by atoms with van der Waals surface area (Å²) in [5, 5.41) is 10.7. The molecule has 2 bridgehead atoms. The van der Waals surface area contributed by atoms with Gasteiger partial charge in [0.15, 0.2) is 0 Å². The van der Waals surface area contributed by atoms with Crippen molar-refractivity contribution in [3.05, 3.63) is 42.1 Å². The average molecular weight is 325 g/mol. The lowest BCUT2D eigenvalue weighted by atomic mass is 10.1. The Morgan fingerprint density at radius 3 is 2.62 bits per heavy atom. The smallest absolute Gasteiger partial charge is 0.251 e. The second-order valence-electron chi connectivity index (χ2n) is 6.97. The van der Waals surface area contributed by atoms with Crippen LogP contribution in [0.4, 0.5) is 0 Å². The number of rotatable bonds is 3. The van der Waals surface area contributed by atoms with Crippen molar-refractivity contribution in [1.29, 1.82) is 0 Å². The van der Waals surface area contributed by atoms with E-state index in [-0.39, 0.29) is 5.91 Å². The first-order valence-electron chi connectivity index (χ1n) is 8.69. The fourth-order valence-electron chi connectivity index (χ4n) is 4.08. The summed E-state index contributed by atoms with van der Waals surface area (Å²) in [6.45, 7) is 3.81. The van der Waals surface area contributed by atoms with E-state index in [9.17, 15) is 9.90 Å². The molecule has 1 aromatic carbocycles. The van der Waals surface area contributed by atoms with Gasteiger partial charge in [-0.15, -0.1) is 0 Å². The number of aliphatic hydroxyl groups is 1. The number of pyridine rings is 1. The molecule has 2 aromatic rings. The summed E-state index contributed by atoms with van der Waals surface area (Å²) in [5.41, 5.74) is 2.12. The maximum Gasteiger partial charge on any atom is 0.251 e. The Labute approximate surface area is 141 Å². The molecule has 1 amide bonds. The number of likely N-dealkylation sites (tertiary alicyclic amines) is 1. The Hall–Kier alpha value is -1.98. The van der Waals surface area contributed by atoms with Crippen LogP contribution in [-0.2, 0) is 11.3 Å². The van der Waals surface area contributed by atoms with E-state index in [4.69, 9.17) is 4.98 Å². The Morgan fingerprint density at radius 1 is 1.21 bits per heavy atom. The van der Waals surface area contributed by atoms with Gasteiger partial charge in [0.1, 0.15) is 6.10 Å². The summed E-state index contributed by atoms with van der Waals surface area (Å²) in [4.78, 5) is 21.2. The van der Waals surface area contributed by atoms with Gasteiger partial charge in [0.25, 0.3) is 5.91 Å². The molecular weight excluding hydrogens is 302 g/mol. The van der Waals surface area contributed by atoms with E-state index in [0.717, 1.165) is 36.0 Å². The van der Waals surface area contributed by atoms with Gasteiger partial charge < -0.3 is 10.0 Å². The fraction of sp³-hybridized carbons (Fsp3) is 0.474. The van der Waals surface area contributed by atoms with Crippen LogP contribution in [0.5, 0.6) is 0 Å². The van der Waals surface area contributed by atoms with E-state index >= 15 is 0 Å². The predicted molar refractivity (Wildman–Crippen MR) is 92.4 cm³/mol. The topological polar surface area (TPSA) is 56.7 Å². The maximum absolute atomic E-state index is 12.1. The van der Waals surface area contributed by atoms with Gasteiger partial charge in [-0.1, -0.05) is 24.3 Å². The van der Waals surface area contributed by atoms with Crippen LogP contribution in [0, 0.1) is 0 Å². The number of carbonyl (C=O) groups is 1. The largest absolute Gasteiger partial charge is 0.384 e. The number of nitrogens with zero attached hydrogens (tertiary/aromatic N) is 3. The summed E-state index contributed by atoms with van der Waals surface area (Å²) in [7, 11) is 0. The van der Waals surface area contributed by atoms with Crippen LogP contribution < -0.4 is 0 Å². The predicted octanol–water partition coefficient (Wildman–Crippen LogP) is 1.79. The number of piperazine rings is 1. The van der Waals surface area contributed by atoms with Gasteiger partial charge in [-0.25, -0.2) is 0 Å². The Kier molecular flexibility index (Phi) is 3.98. The quantitative estimate of drug-likeness (QED) is 0.935.